The minimum atomic E-state index is -0.463. The summed E-state index contributed by atoms with van der Waals surface area (Å²) in [6.45, 7) is 6.79. The van der Waals surface area contributed by atoms with E-state index in [1.54, 1.807) is 0 Å². The van der Waals surface area contributed by atoms with Crippen molar-refractivity contribution in [2.75, 3.05) is 11.9 Å². The second-order valence-corrected chi connectivity index (χ2v) is 5.63. The lowest BCUT2D eigenvalue weighted by Gasteiger charge is -2.29. The SMILES string of the molecule is CCc1cc(NC(=O)N[C@@H]2C(=O)NCC[C@@H]2C)ccc1C. The van der Waals surface area contributed by atoms with Gasteiger partial charge >= 0.3 is 6.03 Å². The average molecular weight is 289 g/mol. The zero-order chi connectivity index (χ0) is 15.4. The van der Waals surface area contributed by atoms with Crippen LogP contribution < -0.4 is 16.0 Å². The van der Waals surface area contributed by atoms with Crippen LogP contribution in [-0.2, 0) is 11.2 Å². The van der Waals surface area contributed by atoms with Crippen LogP contribution in [0.2, 0.25) is 0 Å². The zero-order valence-electron chi connectivity index (χ0n) is 12.8. The van der Waals surface area contributed by atoms with Gasteiger partial charge in [0.1, 0.15) is 6.04 Å². The molecule has 0 unspecified atom stereocenters. The molecule has 0 radical (unpaired) electrons. The van der Waals surface area contributed by atoms with Crippen LogP contribution in [-0.4, -0.2) is 24.5 Å². The Morgan fingerprint density at radius 3 is 2.86 bits per heavy atom. The van der Waals surface area contributed by atoms with Crippen molar-refractivity contribution < 1.29 is 9.59 Å². The number of carbonyl (C=O) groups excluding carboxylic acids is 2. The topological polar surface area (TPSA) is 70.2 Å². The van der Waals surface area contributed by atoms with E-state index in [0.29, 0.717) is 6.54 Å². The molecule has 114 valence electrons. The van der Waals surface area contributed by atoms with Gasteiger partial charge in [0.15, 0.2) is 0 Å². The largest absolute Gasteiger partial charge is 0.354 e. The Morgan fingerprint density at radius 1 is 1.43 bits per heavy atom. The molecule has 1 aliphatic heterocycles. The van der Waals surface area contributed by atoms with Gasteiger partial charge in [-0.1, -0.05) is 19.9 Å². The van der Waals surface area contributed by atoms with Crippen molar-refractivity contribution in [2.24, 2.45) is 5.92 Å². The summed E-state index contributed by atoms with van der Waals surface area (Å²) in [6.07, 6.45) is 1.80. The summed E-state index contributed by atoms with van der Waals surface area (Å²) in [4.78, 5) is 23.8. The van der Waals surface area contributed by atoms with Gasteiger partial charge in [-0.05, 0) is 48.9 Å². The molecular formula is C16H23N3O2. The van der Waals surface area contributed by atoms with Gasteiger partial charge in [0.25, 0.3) is 0 Å². The summed E-state index contributed by atoms with van der Waals surface area (Å²) in [5.41, 5.74) is 3.17. The van der Waals surface area contributed by atoms with Crippen molar-refractivity contribution in [1.29, 1.82) is 0 Å². The van der Waals surface area contributed by atoms with Crippen LogP contribution in [0.1, 0.15) is 31.4 Å². The Labute approximate surface area is 125 Å². The molecule has 1 aromatic rings. The highest BCUT2D eigenvalue weighted by molar-refractivity contribution is 5.94. The van der Waals surface area contributed by atoms with Gasteiger partial charge in [0.05, 0.1) is 0 Å². The molecule has 1 fully saturated rings. The Hall–Kier alpha value is -2.04. The van der Waals surface area contributed by atoms with Crippen LogP contribution in [0.4, 0.5) is 10.5 Å². The number of rotatable bonds is 3. The maximum Gasteiger partial charge on any atom is 0.319 e. The third-order valence-electron chi connectivity index (χ3n) is 4.02. The summed E-state index contributed by atoms with van der Waals surface area (Å²) in [6, 6.07) is 5.03. The number of carbonyl (C=O) groups is 2. The molecule has 21 heavy (non-hydrogen) atoms. The molecule has 5 heteroatoms. The molecule has 1 aromatic carbocycles. The lowest BCUT2D eigenvalue weighted by atomic mass is 9.94. The number of piperidine rings is 1. The molecular weight excluding hydrogens is 266 g/mol. The van der Waals surface area contributed by atoms with E-state index >= 15 is 0 Å². The number of aryl methyl sites for hydroxylation is 2. The zero-order valence-corrected chi connectivity index (χ0v) is 12.8. The molecule has 3 amide bonds. The smallest absolute Gasteiger partial charge is 0.319 e. The standard InChI is InChI=1S/C16H23N3O2/c1-4-12-9-13(6-5-10(12)2)18-16(21)19-14-11(3)7-8-17-15(14)20/h5-6,9,11,14H,4,7-8H2,1-3H3,(H,17,20)(H2,18,19,21)/t11-,14-/m0/s1. The number of amides is 3. The highest BCUT2D eigenvalue weighted by Gasteiger charge is 2.30. The van der Waals surface area contributed by atoms with Crippen molar-refractivity contribution in [3.63, 3.8) is 0 Å². The number of benzene rings is 1. The van der Waals surface area contributed by atoms with E-state index in [1.807, 2.05) is 25.1 Å². The second kappa shape index (κ2) is 6.61. The Bertz CT molecular complexity index is 542. The molecule has 0 bridgehead atoms. The van der Waals surface area contributed by atoms with Crippen LogP contribution in [0, 0.1) is 12.8 Å². The molecule has 1 saturated heterocycles. The fourth-order valence-electron chi connectivity index (χ4n) is 2.60. The molecule has 2 atom stereocenters. The van der Waals surface area contributed by atoms with E-state index in [4.69, 9.17) is 0 Å². The second-order valence-electron chi connectivity index (χ2n) is 5.63. The predicted octanol–water partition coefficient (Wildman–Crippen LogP) is 2.20. The average Bonchev–Trinajstić information content (AvgIpc) is 2.45. The van der Waals surface area contributed by atoms with Crippen LogP contribution >= 0.6 is 0 Å². The Kier molecular flexibility index (Phi) is 4.83. The number of hydrogen-bond donors (Lipinski definition) is 3. The van der Waals surface area contributed by atoms with Gasteiger partial charge in [0.2, 0.25) is 5.91 Å². The Balaban J connectivity index is 1.99. The third kappa shape index (κ3) is 3.74. The van der Waals surface area contributed by atoms with Crippen LogP contribution in [0.3, 0.4) is 0 Å². The quantitative estimate of drug-likeness (QED) is 0.798. The van der Waals surface area contributed by atoms with Crippen LogP contribution in [0.5, 0.6) is 0 Å². The first-order valence-electron chi connectivity index (χ1n) is 7.46. The minimum absolute atomic E-state index is 0.109. The molecule has 5 nitrogen and oxygen atoms in total. The van der Waals surface area contributed by atoms with E-state index in [1.165, 1.54) is 11.1 Å². The van der Waals surface area contributed by atoms with Gasteiger partial charge < -0.3 is 16.0 Å². The maximum atomic E-state index is 12.1. The highest BCUT2D eigenvalue weighted by Crippen LogP contribution is 2.16. The van der Waals surface area contributed by atoms with E-state index in [0.717, 1.165) is 18.5 Å². The summed E-state index contributed by atoms with van der Waals surface area (Å²) < 4.78 is 0. The van der Waals surface area contributed by atoms with E-state index in [2.05, 4.69) is 29.8 Å². The third-order valence-corrected chi connectivity index (χ3v) is 4.02. The summed E-state index contributed by atoms with van der Waals surface area (Å²) in [7, 11) is 0. The fourth-order valence-corrected chi connectivity index (χ4v) is 2.60. The van der Waals surface area contributed by atoms with Crippen LogP contribution in [0.15, 0.2) is 18.2 Å². The number of hydrogen-bond acceptors (Lipinski definition) is 2. The summed E-state index contributed by atoms with van der Waals surface area (Å²) in [5.74, 6) is 0.0378. The first kappa shape index (κ1) is 15.4. The molecule has 1 heterocycles. The van der Waals surface area contributed by atoms with Gasteiger partial charge in [0, 0.05) is 12.2 Å². The van der Waals surface area contributed by atoms with Crippen LogP contribution in [0.25, 0.3) is 0 Å². The van der Waals surface area contributed by atoms with Gasteiger partial charge in [-0.2, -0.15) is 0 Å². The fraction of sp³-hybridized carbons (Fsp3) is 0.500. The van der Waals surface area contributed by atoms with Crippen molar-refractivity contribution in [3.05, 3.63) is 29.3 Å². The van der Waals surface area contributed by atoms with Gasteiger partial charge in [-0.25, -0.2) is 4.79 Å². The number of nitrogens with one attached hydrogen (secondary N) is 3. The van der Waals surface area contributed by atoms with Crippen molar-refractivity contribution in [2.45, 2.75) is 39.7 Å². The normalized spacial score (nSPS) is 21.6. The first-order chi connectivity index (χ1) is 10.0. The highest BCUT2D eigenvalue weighted by atomic mass is 16.2. The van der Waals surface area contributed by atoms with E-state index in [-0.39, 0.29) is 17.9 Å². The van der Waals surface area contributed by atoms with Crippen molar-refractivity contribution >= 4 is 17.6 Å². The molecule has 0 saturated carbocycles. The van der Waals surface area contributed by atoms with Crippen molar-refractivity contribution in [1.82, 2.24) is 10.6 Å². The van der Waals surface area contributed by atoms with Crippen molar-refractivity contribution in [3.8, 4) is 0 Å². The maximum absolute atomic E-state index is 12.1. The van der Waals surface area contributed by atoms with Gasteiger partial charge in [-0.15, -0.1) is 0 Å². The van der Waals surface area contributed by atoms with Gasteiger partial charge in [-0.3, -0.25) is 4.79 Å². The lowest BCUT2D eigenvalue weighted by molar-refractivity contribution is -0.125. The van der Waals surface area contributed by atoms with E-state index in [9.17, 15) is 9.59 Å². The minimum Gasteiger partial charge on any atom is -0.354 e. The number of urea groups is 1. The Morgan fingerprint density at radius 2 is 2.19 bits per heavy atom. The molecule has 0 aliphatic carbocycles. The monoisotopic (exact) mass is 289 g/mol. The lowest BCUT2D eigenvalue weighted by Crippen LogP contribution is -2.55. The molecule has 2 rings (SSSR count). The predicted molar refractivity (Wildman–Crippen MR) is 83.3 cm³/mol. The molecule has 0 aromatic heterocycles. The molecule has 3 N–H and O–H groups in total. The first-order valence-corrected chi connectivity index (χ1v) is 7.46. The summed E-state index contributed by atoms with van der Waals surface area (Å²) >= 11 is 0. The van der Waals surface area contributed by atoms with E-state index < -0.39 is 6.04 Å². The summed E-state index contributed by atoms with van der Waals surface area (Å²) in [5, 5.41) is 8.34. The number of anilines is 1. The molecule has 0 spiro atoms. The molecule has 1 aliphatic rings.